The molecule has 0 heterocycles. The van der Waals surface area contributed by atoms with Gasteiger partial charge in [-0.3, -0.25) is 0 Å². The van der Waals surface area contributed by atoms with Gasteiger partial charge in [-0.25, -0.2) is 0 Å². The summed E-state index contributed by atoms with van der Waals surface area (Å²) in [4.78, 5) is 0. The van der Waals surface area contributed by atoms with Crippen molar-refractivity contribution in [1.82, 2.24) is 0 Å². The number of rotatable bonds is 2. The zero-order chi connectivity index (χ0) is 14.1. The average Bonchev–Trinajstić information content (AvgIpc) is 2.44. The van der Waals surface area contributed by atoms with Crippen molar-refractivity contribution >= 4 is 21.6 Å². The maximum absolute atomic E-state index is 9.62. The van der Waals surface area contributed by atoms with Gasteiger partial charge in [-0.05, 0) is 67.1 Å². The van der Waals surface area contributed by atoms with E-state index in [1.165, 1.54) is 22.4 Å². The van der Waals surface area contributed by atoms with Crippen LogP contribution >= 0.6 is 15.9 Å². The van der Waals surface area contributed by atoms with Gasteiger partial charge in [0.15, 0.2) is 0 Å². The molecule has 2 aromatic carbocycles. The van der Waals surface area contributed by atoms with E-state index < -0.39 is 0 Å². The molecule has 2 aromatic rings. The summed E-state index contributed by atoms with van der Waals surface area (Å²) in [5.41, 5.74) is 4.98. The minimum atomic E-state index is 0.326. The summed E-state index contributed by atoms with van der Waals surface area (Å²) in [6.45, 7) is 2.12. The highest BCUT2D eigenvalue weighted by atomic mass is 79.9. The molecule has 0 bridgehead atoms. The second kappa shape index (κ2) is 5.49. The van der Waals surface area contributed by atoms with Crippen LogP contribution in [0.2, 0.25) is 0 Å². The first-order valence-corrected chi connectivity index (χ1v) is 7.78. The maximum Gasteiger partial charge on any atom is 0.115 e. The predicted octanol–water partition coefficient (Wildman–Crippen LogP) is 4.95. The summed E-state index contributed by atoms with van der Waals surface area (Å²) in [5, 5.41) is 13.3. The number of aromatic hydroxyl groups is 1. The lowest BCUT2D eigenvalue weighted by atomic mass is 9.87. The van der Waals surface area contributed by atoms with Gasteiger partial charge in [0, 0.05) is 10.2 Å². The lowest BCUT2D eigenvalue weighted by Gasteiger charge is -2.28. The third-order valence-electron chi connectivity index (χ3n) is 4.04. The summed E-state index contributed by atoms with van der Waals surface area (Å²) in [5.74, 6) is 0.364. The molecule has 0 aromatic heterocycles. The first-order chi connectivity index (χ1) is 9.65. The molecule has 3 rings (SSSR count). The minimum Gasteiger partial charge on any atom is -0.508 e. The lowest BCUT2D eigenvalue weighted by Crippen LogP contribution is -2.17. The number of aryl methyl sites for hydroxylation is 1. The number of phenols is 1. The molecule has 0 amide bonds. The number of benzene rings is 2. The smallest absolute Gasteiger partial charge is 0.115 e. The zero-order valence-corrected chi connectivity index (χ0v) is 13.1. The summed E-state index contributed by atoms with van der Waals surface area (Å²) in [6.07, 6.45) is 3.34. The van der Waals surface area contributed by atoms with Gasteiger partial charge < -0.3 is 10.4 Å². The fourth-order valence-corrected chi connectivity index (χ4v) is 3.27. The van der Waals surface area contributed by atoms with Crippen molar-refractivity contribution < 1.29 is 5.11 Å². The molecular formula is C17H18BrNO. The maximum atomic E-state index is 9.62. The molecule has 0 radical (unpaired) electrons. The van der Waals surface area contributed by atoms with E-state index in [1.807, 2.05) is 6.07 Å². The number of hydrogen-bond donors (Lipinski definition) is 2. The van der Waals surface area contributed by atoms with Crippen LogP contribution in [0.15, 0.2) is 40.9 Å². The highest BCUT2D eigenvalue weighted by Gasteiger charge is 2.20. The minimum absolute atomic E-state index is 0.326. The Hall–Kier alpha value is -1.48. The summed E-state index contributed by atoms with van der Waals surface area (Å²) in [6, 6.07) is 12.3. The Morgan fingerprint density at radius 2 is 2.10 bits per heavy atom. The topological polar surface area (TPSA) is 32.3 Å². The van der Waals surface area contributed by atoms with Crippen LogP contribution in [0, 0.1) is 6.92 Å². The van der Waals surface area contributed by atoms with Gasteiger partial charge in [0.2, 0.25) is 0 Å². The quantitative estimate of drug-likeness (QED) is 0.815. The van der Waals surface area contributed by atoms with Crippen LogP contribution in [-0.4, -0.2) is 5.11 Å². The third-order valence-corrected chi connectivity index (χ3v) is 4.90. The summed E-state index contributed by atoms with van der Waals surface area (Å²) in [7, 11) is 0. The van der Waals surface area contributed by atoms with E-state index in [1.54, 1.807) is 6.07 Å². The molecule has 2 N–H and O–H groups in total. The van der Waals surface area contributed by atoms with E-state index in [0.29, 0.717) is 11.8 Å². The van der Waals surface area contributed by atoms with Gasteiger partial charge in [0.1, 0.15) is 5.75 Å². The lowest BCUT2D eigenvalue weighted by molar-refractivity contribution is 0.472. The van der Waals surface area contributed by atoms with E-state index in [4.69, 9.17) is 0 Å². The Bertz CT molecular complexity index is 639. The van der Waals surface area contributed by atoms with Gasteiger partial charge in [-0.1, -0.05) is 28.1 Å². The Balaban J connectivity index is 1.91. The fraction of sp³-hybridized carbons (Fsp3) is 0.294. The molecule has 1 aliphatic carbocycles. The van der Waals surface area contributed by atoms with Crippen LogP contribution < -0.4 is 5.32 Å². The number of nitrogens with one attached hydrogen (secondary N) is 1. The van der Waals surface area contributed by atoms with Crippen molar-refractivity contribution in [2.45, 2.75) is 32.2 Å². The second-order valence-electron chi connectivity index (χ2n) is 5.38. The first-order valence-electron chi connectivity index (χ1n) is 6.98. The number of fused-ring (bicyclic) bond motifs is 1. The molecule has 0 aliphatic heterocycles. The number of anilines is 1. The molecule has 20 heavy (non-hydrogen) atoms. The Morgan fingerprint density at radius 1 is 1.25 bits per heavy atom. The molecule has 0 fully saturated rings. The van der Waals surface area contributed by atoms with Crippen LogP contribution in [0.4, 0.5) is 5.69 Å². The van der Waals surface area contributed by atoms with Crippen LogP contribution in [0.25, 0.3) is 0 Å². The van der Waals surface area contributed by atoms with Crippen molar-refractivity contribution in [2.24, 2.45) is 0 Å². The van der Waals surface area contributed by atoms with Crippen LogP contribution in [-0.2, 0) is 6.42 Å². The predicted molar refractivity (Wildman–Crippen MR) is 86.3 cm³/mol. The van der Waals surface area contributed by atoms with E-state index in [-0.39, 0.29) is 0 Å². The first kappa shape index (κ1) is 13.5. The standard InChI is InChI=1S/C17H18BrNO/c1-11-15(18)5-3-6-16(11)19-17-7-2-4-12-10-13(20)8-9-14(12)17/h3,5-6,8-10,17,19-20H,2,4,7H2,1H3. The second-order valence-corrected chi connectivity index (χ2v) is 6.24. The third kappa shape index (κ3) is 2.55. The normalized spacial score (nSPS) is 17.6. The van der Waals surface area contributed by atoms with E-state index in [2.05, 4.69) is 52.4 Å². The summed E-state index contributed by atoms with van der Waals surface area (Å²) < 4.78 is 1.13. The molecule has 0 saturated heterocycles. The van der Waals surface area contributed by atoms with Crippen molar-refractivity contribution in [3.8, 4) is 5.75 Å². The SMILES string of the molecule is Cc1c(Br)cccc1NC1CCCc2cc(O)ccc21. The van der Waals surface area contributed by atoms with Crippen molar-refractivity contribution in [1.29, 1.82) is 0 Å². The van der Waals surface area contributed by atoms with Crippen molar-refractivity contribution in [3.63, 3.8) is 0 Å². The molecular weight excluding hydrogens is 314 g/mol. The van der Waals surface area contributed by atoms with Crippen molar-refractivity contribution in [3.05, 3.63) is 57.6 Å². The molecule has 1 atom stereocenters. The molecule has 1 unspecified atom stereocenters. The highest BCUT2D eigenvalue weighted by Crippen LogP contribution is 2.35. The van der Waals surface area contributed by atoms with Crippen LogP contribution in [0.1, 0.15) is 35.6 Å². The number of halogens is 1. The highest BCUT2D eigenvalue weighted by molar-refractivity contribution is 9.10. The van der Waals surface area contributed by atoms with E-state index in [0.717, 1.165) is 23.7 Å². The molecule has 3 heteroatoms. The van der Waals surface area contributed by atoms with Gasteiger partial charge in [-0.2, -0.15) is 0 Å². The van der Waals surface area contributed by atoms with Gasteiger partial charge in [0.05, 0.1) is 6.04 Å². The van der Waals surface area contributed by atoms with E-state index >= 15 is 0 Å². The number of hydrogen-bond acceptors (Lipinski definition) is 2. The molecule has 0 saturated carbocycles. The average molecular weight is 332 g/mol. The van der Waals surface area contributed by atoms with Crippen LogP contribution in [0.5, 0.6) is 5.75 Å². The largest absolute Gasteiger partial charge is 0.508 e. The monoisotopic (exact) mass is 331 g/mol. The molecule has 2 nitrogen and oxygen atoms in total. The molecule has 1 aliphatic rings. The Morgan fingerprint density at radius 3 is 2.95 bits per heavy atom. The van der Waals surface area contributed by atoms with E-state index in [9.17, 15) is 5.11 Å². The van der Waals surface area contributed by atoms with Gasteiger partial charge in [0.25, 0.3) is 0 Å². The number of phenolic OH excluding ortho intramolecular Hbond substituents is 1. The zero-order valence-electron chi connectivity index (χ0n) is 11.5. The van der Waals surface area contributed by atoms with Gasteiger partial charge >= 0.3 is 0 Å². The Labute approximate surface area is 128 Å². The fourth-order valence-electron chi connectivity index (χ4n) is 2.90. The molecule has 0 spiro atoms. The van der Waals surface area contributed by atoms with Gasteiger partial charge in [-0.15, -0.1) is 0 Å². The van der Waals surface area contributed by atoms with Crippen molar-refractivity contribution in [2.75, 3.05) is 5.32 Å². The Kier molecular flexibility index (Phi) is 3.70. The van der Waals surface area contributed by atoms with Crippen LogP contribution in [0.3, 0.4) is 0 Å². The summed E-state index contributed by atoms with van der Waals surface area (Å²) >= 11 is 3.58. The molecule has 104 valence electrons.